The fourth-order valence-corrected chi connectivity index (χ4v) is 3.33. The average Bonchev–Trinajstić information content (AvgIpc) is 2.61. The summed E-state index contributed by atoms with van der Waals surface area (Å²) in [5.74, 6) is 0. The first kappa shape index (κ1) is 17.3. The molecule has 0 spiro atoms. The third-order valence-corrected chi connectivity index (χ3v) is 4.75. The van der Waals surface area contributed by atoms with Gasteiger partial charge in [0.15, 0.2) is 0 Å². The summed E-state index contributed by atoms with van der Waals surface area (Å²) in [6.45, 7) is 9.60. The summed E-state index contributed by atoms with van der Waals surface area (Å²) < 4.78 is 0. The Morgan fingerprint density at radius 3 is 2.12 bits per heavy atom. The van der Waals surface area contributed by atoms with Crippen LogP contribution < -0.4 is 10.2 Å². The van der Waals surface area contributed by atoms with E-state index in [0.717, 1.165) is 38.3 Å². The maximum atomic E-state index is 12.5. The second-order valence-electron chi connectivity index (χ2n) is 6.80. The topological polar surface area (TPSA) is 35.6 Å². The molecular formula is C21H27N3O. The van der Waals surface area contributed by atoms with Gasteiger partial charge in [-0.3, -0.25) is 0 Å². The van der Waals surface area contributed by atoms with E-state index >= 15 is 0 Å². The first-order valence-electron chi connectivity index (χ1n) is 9.03. The van der Waals surface area contributed by atoms with Gasteiger partial charge >= 0.3 is 6.03 Å². The monoisotopic (exact) mass is 337 g/mol. The molecule has 0 unspecified atom stereocenters. The minimum Gasteiger partial charge on any atom is -0.368 e. The van der Waals surface area contributed by atoms with Crippen LogP contribution in [0.3, 0.4) is 0 Å². The normalized spacial score (nSPS) is 14.5. The molecule has 2 amide bonds. The second kappa shape index (κ2) is 7.60. The van der Waals surface area contributed by atoms with Crippen molar-refractivity contribution in [1.82, 2.24) is 4.90 Å². The number of piperazine rings is 1. The van der Waals surface area contributed by atoms with Crippen molar-refractivity contribution < 1.29 is 4.79 Å². The van der Waals surface area contributed by atoms with Crippen LogP contribution in [0.15, 0.2) is 42.5 Å². The molecule has 0 radical (unpaired) electrons. The zero-order chi connectivity index (χ0) is 17.8. The van der Waals surface area contributed by atoms with Gasteiger partial charge in [-0.2, -0.15) is 0 Å². The lowest BCUT2D eigenvalue weighted by molar-refractivity contribution is 0.208. The Labute approximate surface area is 150 Å². The minimum absolute atomic E-state index is 0.00989. The van der Waals surface area contributed by atoms with Gasteiger partial charge in [-0.15, -0.1) is 0 Å². The SMILES string of the molecule is CCc1ccc(NC(=O)N2CCN(c3cc(C)cc(C)c3)CC2)cc1. The number of hydrogen-bond acceptors (Lipinski definition) is 2. The zero-order valence-corrected chi connectivity index (χ0v) is 15.4. The lowest BCUT2D eigenvalue weighted by Gasteiger charge is -2.36. The summed E-state index contributed by atoms with van der Waals surface area (Å²) >= 11 is 0. The summed E-state index contributed by atoms with van der Waals surface area (Å²) in [6, 6.07) is 14.7. The van der Waals surface area contributed by atoms with Crippen LogP contribution in [0.4, 0.5) is 16.2 Å². The molecule has 1 N–H and O–H groups in total. The molecule has 25 heavy (non-hydrogen) atoms. The van der Waals surface area contributed by atoms with Gasteiger partial charge in [0.25, 0.3) is 0 Å². The van der Waals surface area contributed by atoms with E-state index in [2.05, 4.69) is 61.3 Å². The molecule has 132 valence electrons. The van der Waals surface area contributed by atoms with Crippen LogP contribution >= 0.6 is 0 Å². The summed E-state index contributed by atoms with van der Waals surface area (Å²) in [5, 5.41) is 3.00. The Morgan fingerprint density at radius 1 is 0.960 bits per heavy atom. The standard InChI is InChI=1S/C21H27N3O/c1-4-18-5-7-19(8-6-18)22-21(25)24-11-9-23(10-12-24)20-14-16(2)13-17(3)15-20/h5-8,13-15H,4,9-12H2,1-3H3,(H,22,25). The minimum atomic E-state index is -0.00989. The van der Waals surface area contributed by atoms with Crippen molar-refractivity contribution in [1.29, 1.82) is 0 Å². The number of nitrogens with zero attached hydrogens (tertiary/aromatic N) is 2. The Kier molecular flexibility index (Phi) is 5.27. The van der Waals surface area contributed by atoms with Crippen LogP contribution in [0, 0.1) is 13.8 Å². The lowest BCUT2D eigenvalue weighted by Crippen LogP contribution is -2.50. The van der Waals surface area contributed by atoms with Crippen molar-refractivity contribution in [2.75, 3.05) is 36.4 Å². The number of aryl methyl sites for hydroxylation is 3. The highest BCUT2D eigenvalue weighted by molar-refractivity contribution is 5.89. The zero-order valence-electron chi connectivity index (χ0n) is 15.4. The third-order valence-electron chi connectivity index (χ3n) is 4.75. The quantitative estimate of drug-likeness (QED) is 0.910. The van der Waals surface area contributed by atoms with E-state index in [4.69, 9.17) is 0 Å². The van der Waals surface area contributed by atoms with E-state index in [1.165, 1.54) is 22.4 Å². The third kappa shape index (κ3) is 4.32. The van der Waals surface area contributed by atoms with Gasteiger partial charge < -0.3 is 15.1 Å². The molecule has 1 fully saturated rings. The Hall–Kier alpha value is -2.49. The van der Waals surface area contributed by atoms with Crippen LogP contribution in [0.25, 0.3) is 0 Å². The molecule has 4 nitrogen and oxygen atoms in total. The van der Waals surface area contributed by atoms with E-state index in [9.17, 15) is 4.79 Å². The molecule has 3 rings (SSSR count). The van der Waals surface area contributed by atoms with Crippen molar-refractivity contribution in [3.8, 4) is 0 Å². The van der Waals surface area contributed by atoms with E-state index in [1.54, 1.807) is 0 Å². The maximum Gasteiger partial charge on any atom is 0.321 e. The molecule has 1 saturated heterocycles. The van der Waals surface area contributed by atoms with Gasteiger partial charge in [-0.05, 0) is 61.2 Å². The molecule has 2 aromatic carbocycles. The molecular weight excluding hydrogens is 310 g/mol. The number of amides is 2. The Balaban J connectivity index is 1.56. The average molecular weight is 337 g/mol. The number of urea groups is 1. The van der Waals surface area contributed by atoms with Gasteiger partial charge in [0, 0.05) is 37.6 Å². The van der Waals surface area contributed by atoms with E-state index in [-0.39, 0.29) is 6.03 Å². The van der Waals surface area contributed by atoms with Gasteiger partial charge in [0.1, 0.15) is 0 Å². The van der Waals surface area contributed by atoms with Crippen molar-refractivity contribution in [3.05, 3.63) is 59.2 Å². The molecule has 2 aromatic rings. The molecule has 4 heteroatoms. The van der Waals surface area contributed by atoms with Gasteiger partial charge in [-0.1, -0.05) is 25.1 Å². The first-order valence-corrected chi connectivity index (χ1v) is 9.03. The van der Waals surface area contributed by atoms with Crippen LogP contribution in [0.2, 0.25) is 0 Å². The van der Waals surface area contributed by atoms with Crippen molar-refractivity contribution >= 4 is 17.4 Å². The molecule has 0 aliphatic carbocycles. The van der Waals surface area contributed by atoms with E-state index in [1.807, 2.05) is 17.0 Å². The molecule has 0 aromatic heterocycles. The van der Waals surface area contributed by atoms with Gasteiger partial charge in [0.2, 0.25) is 0 Å². The summed E-state index contributed by atoms with van der Waals surface area (Å²) in [4.78, 5) is 16.7. The fraction of sp³-hybridized carbons (Fsp3) is 0.381. The largest absolute Gasteiger partial charge is 0.368 e. The second-order valence-corrected chi connectivity index (χ2v) is 6.80. The molecule has 0 atom stereocenters. The summed E-state index contributed by atoms with van der Waals surface area (Å²) in [7, 11) is 0. The highest BCUT2D eigenvalue weighted by Gasteiger charge is 2.21. The predicted molar refractivity (Wildman–Crippen MR) is 105 cm³/mol. The maximum absolute atomic E-state index is 12.5. The van der Waals surface area contributed by atoms with Crippen molar-refractivity contribution in [2.45, 2.75) is 27.2 Å². The smallest absolute Gasteiger partial charge is 0.321 e. The van der Waals surface area contributed by atoms with E-state index < -0.39 is 0 Å². The van der Waals surface area contributed by atoms with Crippen LogP contribution in [-0.4, -0.2) is 37.1 Å². The van der Waals surface area contributed by atoms with Crippen LogP contribution in [0.5, 0.6) is 0 Å². The molecule has 1 heterocycles. The number of nitrogens with one attached hydrogen (secondary N) is 1. The Morgan fingerprint density at radius 2 is 1.56 bits per heavy atom. The summed E-state index contributed by atoms with van der Waals surface area (Å²) in [6.07, 6.45) is 1.01. The van der Waals surface area contributed by atoms with E-state index in [0.29, 0.717) is 0 Å². The molecule has 1 aliphatic rings. The molecule has 1 aliphatic heterocycles. The highest BCUT2D eigenvalue weighted by atomic mass is 16.2. The first-order chi connectivity index (χ1) is 12.0. The molecule has 0 saturated carbocycles. The number of rotatable bonds is 3. The van der Waals surface area contributed by atoms with Crippen LogP contribution in [-0.2, 0) is 6.42 Å². The number of anilines is 2. The number of carbonyl (C=O) groups is 1. The lowest BCUT2D eigenvalue weighted by atomic mass is 10.1. The fourth-order valence-electron chi connectivity index (χ4n) is 3.33. The van der Waals surface area contributed by atoms with Gasteiger partial charge in [0.05, 0.1) is 0 Å². The highest BCUT2D eigenvalue weighted by Crippen LogP contribution is 2.20. The summed E-state index contributed by atoms with van der Waals surface area (Å²) in [5.41, 5.74) is 5.96. The van der Waals surface area contributed by atoms with Gasteiger partial charge in [-0.25, -0.2) is 4.79 Å². The number of carbonyl (C=O) groups excluding carboxylic acids is 1. The molecule has 0 bridgehead atoms. The predicted octanol–water partition coefficient (Wildman–Crippen LogP) is 4.22. The van der Waals surface area contributed by atoms with Crippen molar-refractivity contribution in [2.24, 2.45) is 0 Å². The van der Waals surface area contributed by atoms with Crippen molar-refractivity contribution in [3.63, 3.8) is 0 Å². The van der Waals surface area contributed by atoms with Crippen LogP contribution in [0.1, 0.15) is 23.6 Å². The number of benzene rings is 2. The number of hydrogen-bond donors (Lipinski definition) is 1. The Bertz CT molecular complexity index is 711.